The van der Waals surface area contributed by atoms with Gasteiger partial charge in [-0.1, -0.05) is 36.7 Å². The Bertz CT molecular complexity index is 1100. The fraction of sp³-hybridized carbons (Fsp3) is 0.150. The van der Waals surface area contributed by atoms with Crippen LogP contribution in [0.15, 0.2) is 48.5 Å². The van der Waals surface area contributed by atoms with Gasteiger partial charge in [0.25, 0.3) is 0 Å². The molecule has 0 saturated carbocycles. The van der Waals surface area contributed by atoms with Crippen molar-refractivity contribution in [2.24, 2.45) is 0 Å². The van der Waals surface area contributed by atoms with Crippen LogP contribution in [-0.4, -0.2) is 20.2 Å². The number of aromatic nitrogens is 4. The van der Waals surface area contributed by atoms with Gasteiger partial charge < -0.3 is 10.6 Å². The summed E-state index contributed by atoms with van der Waals surface area (Å²) in [6.45, 7) is 4.05. The number of anilines is 4. The molecular weight excluding hydrogens is 360 g/mol. The molecule has 2 heterocycles. The lowest BCUT2D eigenvalue weighted by molar-refractivity contribution is 1.05. The Balaban J connectivity index is 1.75. The van der Waals surface area contributed by atoms with Crippen LogP contribution in [0.3, 0.4) is 0 Å². The molecule has 4 aromatic rings. The fourth-order valence-corrected chi connectivity index (χ4v) is 3.00. The first kappa shape index (κ1) is 17.3. The van der Waals surface area contributed by atoms with Crippen molar-refractivity contribution < 1.29 is 0 Å². The molecule has 0 aliphatic heterocycles. The van der Waals surface area contributed by atoms with E-state index < -0.39 is 0 Å². The van der Waals surface area contributed by atoms with Crippen LogP contribution in [0.25, 0.3) is 10.9 Å². The zero-order valence-corrected chi connectivity index (χ0v) is 15.8. The number of H-pyrrole nitrogens is 1. The summed E-state index contributed by atoms with van der Waals surface area (Å²) in [4.78, 5) is 9.28. The van der Waals surface area contributed by atoms with Gasteiger partial charge in [-0.25, -0.2) is 4.98 Å². The molecule has 0 amide bonds. The van der Waals surface area contributed by atoms with Crippen molar-refractivity contribution in [3.63, 3.8) is 0 Å². The fourth-order valence-electron chi connectivity index (χ4n) is 2.84. The monoisotopic (exact) mass is 378 g/mol. The van der Waals surface area contributed by atoms with Crippen LogP contribution in [-0.2, 0) is 6.42 Å². The number of aromatic amines is 1. The van der Waals surface area contributed by atoms with Gasteiger partial charge in [-0.15, -0.1) is 0 Å². The first-order chi connectivity index (χ1) is 13.1. The van der Waals surface area contributed by atoms with E-state index in [0.717, 1.165) is 28.7 Å². The first-order valence-corrected chi connectivity index (χ1v) is 9.11. The Kier molecular flexibility index (Phi) is 4.64. The molecule has 136 valence electrons. The van der Waals surface area contributed by atoms with Crippen molar-refractivity contribution in [1.29, 1.82) is 0 Å². The maximum absolute atomic E-state index is 6.35. The molecule has 0 aliphatic rings. The van der Waals surface area contributed by atoms with Crippen LogP contribution >= 0.6 is 11.6 Å². The van der Waals surface area contributed by atoms with E-state index in [1.165, 1.54) is 5.56 Å². The third-order valence-electron chi connectivity index (χ3n) is 4.24. The van der Waals surface area contributed by atoms with Gasteiger partial charge in [0.05, 0.1) is 16.2 Å². The number of nitrogens with one attached hydrogen (secondary N) is 3. The average Bonchev–Trinajstić information content (AvgIpc) is 3.08. The predicted octanol–water partition coefficient (Wildman–Crippen LogP) is 5.36. The van der Waals surface area contributed by atoms with Crippen LogP contribution in [0, 0.1) is 6.92 Å². The molecule has 0 aliphatic carbocycles. The number of benzene rings is 2. The van der Waals surface area contributed by atoms with E-state index in [-0.39, 0.29) is 0 Å². The van der Waals surface area contributed by atoms with E-state index >= 15 is 0 Å². The maximum atomic E-state index is 6.35. The minimum atomic E-state index is 0.471. The van der Waals surface area contributed by atoms with Gasteiger partial charge in [0, 0.05) is 17.1 Å². The molecule has 27 heavy (non-hydrogen) atoms. The van der Waals surface area contributed by atoms with Gasteiger partial charge in [0.1, 0.15) is 5.82 Å². The van der Waals surface area contributed by atoms with Crippen molar-refractivity contribution in [1.82, 2.24) is 20.2 Å². The lowest BCUT2D eigenvalue weighted by atomic mass is 10.1. The molecular formula is C20H19ClN6. The smallest absolute Gasteiger partial charge is 0.229 e. The molecule has 0 radical (unpaired) electrons. The number of fused-ring (bicyclic) bond motifs is 1. The number of hydrogen-bond donors (Lipinski definition) is 3. The van der Waals surface area contributed by atoms with Crippen LogP contribution < -0.4 is 10.6 Å². The van der Waals surface area contributed by atoms with E-state index in [2.05, 4.69) is 37.7 Å². The molecule has 3 N–H and O–H groups in total. The van der Waals surface area contributed by atoms with Gasteiger partial charge in [0.2, 0.25) is 5.95 Å². The maximum Gasteiger partial charge on any atom is 0.229 e. The Labute approximate surface area is 162 Å². The second kappa shape index (κ2) is 7.25. The Morgan fingerprint density at radius 1 is 1.04 bits per heavy atom. The quantitative estimate of drug-likeness (QED) is 0.435. The van der Waals surface area contributed by atoms with Crippen molar-refractivity contribution in [2.45, 2.75) is 20.3 Å². The van der Waals surface area contributed by atoms with E-state index in [0.29, 0.717) is 22.6 Å². The summed E-state index contributed by atoms with van der Waals surface area (Å²) in [5, 5.41) is 15.2. The van der Waals surface area contributed by atoms with Crippen molar-refractivity contribution in [3.05, 3.63) is 64.8 Å². The third-order valence-corrected chi connectivity index (χ3v) is 4.57. The van der Waals surface area contributed by atoms with Gasteiger partial charge in [-0.3, -0.25) is 5.10 Å². The highest BCUT2D eigenvalue weighted by Gasteiger charge is 2.11. The van der Waals surface area contributed by atoms with Crippen LogP contribution in [0.2, 0.25) is 5.02 Å². The molecule has 0 fully saturated rings. The van der Waals surface area contributed by atoms with E-state index in [1.807, 2.05) is 55.5 Å². The van der Waals surface area contributed by atoms with E-state index in [4.69, 9.17) is 11.6 Å². The topological polar surface area (TPSA) is 78.5 Å². The second-order valence-electron chi connectivity index (χ2n) is 6.27. The molecule has 7 heteroatoms. The zero-order valence-electron chi connectivity index (χ0n) is 15.0. The Morgan fingerprint density at radius 3 is 2.67 bits per heavy atom. The minimum Gasteiger partial charge on any atom is -0.323 e. The number of hydrogen-bond acceptors (Lipinski definition) is 5. The molecule has 6 nitrogen and oxygen atoms in total. The molecule has 0 atom stereocenters. The van der Waals surface area contributed by atoms with Crippen molar-refractivity contribution in [2.75, 3.05) is 10.6 Å². The third kappa shape index (κ3) is 3.71. The predicted molar refractivity (Wildman–Crippen MR) is 110 cm³/mol. The SMILES string of the molecule is CCc1ccc(Cl)c(Nc2nc(Nc3cc(C)[nH]n3)c3ccccc3n2)c1. The highest BCUT2D eigenvalue weighted by atomic mass is 35.5. The highest BCUT2D eigenvalue weighted by Crippen LogP contribution is 2.29. The number of aryl methyl sites for hydroxylation is 2. The van der Waals surface area contributed by atoms with Crippen LogP contribution in [0.4, 0.5) is 23.3 Å². The molecule has 0 bridgehead atoms. The van der Waals surface area contributed by atoms with Crippen molar-refractivity contribution in [3.8, 4) is 0 Å². The summed E-state index contributed by atoms with van der Waals surface area (Å²) in [6.07, 6.45) is 0.926. The standard InChI is InChI=1S/C20H19ClN6/c1-3-13-8-9-15(21)17(11-13)23-20-22-16-7-5-4-6-14(16)19(25-20)24-18-10-12(2)26-27-18/h4-11H,3H2,1-2H3,(H3,22,23,24,25,26,27). The molecule has 2 aromatic heterocycles. The Morgan fingerprint density at radius 2 is 1.89 bits per heavy atom. The summed E-state index contributed by atoms with van der Waals surface area (Å²) in [5.41, 5.74) is 3.77. The van der Waals surface area contributed by atoms with E-state index in [1.54, 1.807) is 0 Å². The van der Waals surface area contributed by atoms with E-state index in [9.17, 15) is 0 Å². The summed E-state index contributed by atoms with van der Waals surface area (Å²) in [7, 11) is 0. The lowest BCUT2D eigenvalue weighted by Gasteiger charge is -2.12. The van der Waals surface area contributed by atoms with Gasteiger partial charge >= 0.3 is 0 Å². The van der Waals surface area contributed by atoms with Gasteiger partial charge in [0.15, 0.2) is 5.82 Å². The average molecular weight is 379 g/mol. The molecule has 0 spiro atoms. The first-order valence-electron chi connectivity index (χ1n) is 8.73. The summed E-state index contributed by atoms with van der Waals surface area (Å²) < 4.78 is 0. The second-order valence-corrected chi connectivity index (χ2v) is 6.67. The largest absolute Gasteiger partial charge is 0.323 e. The summed E-state index contributed by atoms with van der Waals surface area (Å²) in [6, 6.07) is 15.7. The lowest BCUT2D eigenvalue weighted by Crippen LogP contribution is -2.03. The van der Waals surface area contributed by atoms with Crippen LogP contribution in [0.1, 0.15) is 18.2 Å². The van der Waals surface area contributed by atoms with Crippen LogP contribution in [0.5, 0.6) is 0 Å². The summed E-state index contributed by atoms with van der Waals surface area (Å²) in [5.74, 6) is 1.85. The number of para-hydroxylation sites is 1. The summed E-state index contributed by atoms with van der Waals surface area (Å²) >= 11 is 6.35. The number of rotatable bonds is 5. The Hall–Kier alpha value is -3.12. The van der Waals surface area contributed by atoms with Crippen molar-refractivity contribution >= 4 is 45.8 Å². The van der Waals surface area contributed by atoms with Gasteiger partial charge in [-0.2, -0.15) is 10.1 Å². The number of nitrogens with zero attached hydrogens (tertiary/aromatic N) is 3. The molecule has 0 saturated heterocycles. The minimum absolute atomic E-state index is 0.471. The molecule has 2 aromatic carbocycles. The number of halogens is 1. The normalized spacial score (nSPS) is 10.9. The highest BCUT2D eigenvalue weighted by molar-refractivity contribution is 6.33. The molecule has 0 unspecified atom stereocenters. The van der Waals surface area contributed by atoms with Gasteiger partial charge in [-0.05, 0) is 43.2 Å². The zero-order chi connectivity index (χ0) is 18.8. The molecule has 4 rings (SSSR count).